The SMILES string of the molecule is O=C(Nc1ccccc1)Sc1ccncn1. The topological polar surface area (TPSA) is 54.9 Å². The molecule has 0 unspecified atom stereocenters. The molecule has 0 radical (unpaired) electrons. The Morgan fingerprint density at radius 3 is 2.69 bits per heavy atom. The highest BCUT2D eigenvalue weighted by molar-refractivity contribution is 8.13. The molecule has 0 aliphatic carbocycles. The predicted molar refractivity (Wildman–Crippen MR) is 63.3 cm³/mol. The lowest BCUT2D eigenvalue weighted by molar-refractivity contribution is 0.269. The Morgan fingerprint density at radius 1 is 1.19 bits per heavy atom. The Bertz CT molecular complexity index is 418. The van der Waals surface area contributed by atoms with Gasteiger partial charge in [0.05, 0.1) is 0 Å². The highest BCUT2D eigenvalue weighted by atomic mass is 32.2. The van der Waals surface area contributed by atoms with Crippen LogP contribution in [0.25, 0.3) is 0 Å². The van der Waals surface area contributed by atoms with Crippen molar-refractivity contribution < 1.29 is 4.79 Å². The van der Waals surface area contributed by atoms with Crippen LogP contribution < -0.4 is 5.32 Å². The molecule has 1 N–H and O–H groups in total. The van der Waals surface area contributed by atoms with Crippen molar-refractivity contribution in [2.45, 2.75) is 5.03 Å². The van der Waals surface area contributed by atoms with Gasteiger partial charge in [0, 0.05) is 11.9 Å². The van der Waals surface area contributed by atoms with E-state index in [1.54, 1.807) is 12.3 Å². The average Bonchev–Trinajstić information content (AvgIpc) is 2.31. The van der Waals surface area contributed by atoms with E-state index in [0.717, 1.165) is 17.4 Å². The van der Waals surface area contributed by atoms with Gasteiger partial charge in [-0.15, -0.1) is 0 Å². The summed E-state index contributed by atoms with van der Waals surface area (Å²) in [7, 11) is 0. The summed E-state index contributed by atoms with van der Waals surface area (Å²) >= 11 is 1.04. The third kappa shape index (κ3) is 3.06. The zero-order valence-corrected chi connectivity index (χ0v) is 9.15. The number of para-hydroxylation sites is 1. The van der Waals surface area contributed by atoms with Crippen molar-refractivity contribution >= 4 is 22.7 Å². The highest BCUT2D eigenvalue weighted by Gasteiger charge is 2.04. The maximum Gasteiger partial charge on any atom is 0.289 e. The molecule has 1 aromatic heterocycles. The minimum atomic E-state index is -0.162. The number of rotatable bonds is 2. The molecule has 2 aromatic rings. The number of hydrogen-bond donors (Lipinski definition) is 1. The quantitative estimate of drug-likeness (QED) is 0.637. The van der Waals surface area contributed by atoms with Crippen molar-refractivity contribution in [1.29, 1.82) is 0 Å². The normalized spacial score (nSPS) is 9.75. The number of carbonyl (C=O) groups is 1. The van der Waals surface area contributed by atoms with Gasteiger partial charge in [0.25, 0.3) is 5.24 Å². The number of aromatic nitrogens is 2. The molecule has 0 spiro atoms. The van der Waals surface area contributed by atoms with Gasteiger partial charge in [-0.25, -0.2) is 9.97 Å². The van der Waals surface area contributed by atoms with Gasteiger partial charge in [0.1, 0.15) is 11.4 Å². The Kier molecular flexibility index (Phi) is 3.50. The molecule has 1 amide bonds. The predicted octanol–water partition coefficient (Wildman–Crippen LogP) is 2.80. The van der Waals surface area contributed by atoms with Gasteiger partial charge < -0.3 is 5.32 Å². The number of anilines is 1. The summed E-state index contributed by atoms with van der Waals surface area (Å²) in [5.41, 5.74) is 0.772. The molecule has 0 bridgehead atoms. The molecule has 2 rings (SSSR count). The van der Waals surface area contributed by atoms with E-state index in [4.69, 9.17) is 0 Å². The van der Waals surface area contributed by atoms with E-state index in [-0.39, 0.29) is 5.24 Å². The Labute approximate surface area is 97.1 Å². The second kappa shape index (κ2) is 5.27. The fourth-order valence-electron chi connectivity index (χ4n) is 1.10. The van der Waals surface area contributed by atoms with E-state index in [1.165, 1.54) is 6.33 Å². The van der Waals surface area contributed by atoms with Crippen molar-refractivity contribution in [3.05, 3.63) is 48.9 Å². The van der Waals surface area contributed by atoms with E-state index in [0.29, 0.717) is 5.03 Å². The molecular weight excluding hydrogens is 222 g/mol. The van der Waals surface area contributed by atoms with Crippen LogP contribution in [0.4, 0.5) is 10.5 Å². The van der Waals surface area contributed by atoms with Crippen molar-refractivity contribution in [2.75, 3.05) is 5.32 Å². The van der Waals surface area contributed by atoms with Crippen molar-refractivity contribution in [1.82, 2.24) is 9.97 Å². The minimum absolute atomic E-state index is 0.162. The molecule has 80 valence electrons. The fourth-order valence-corrected chi connectivity index (χ4v) is 1.69. The Morgan fingerprint density at radius 2 is 2.00 bits per heavy atom. The first-order valence-electron chi connectivity index (χ1n) is 4.64. The van der Waals surface area contributed by atoms with Crippen LogP contribution in [0.2, 0.25) is 0 Å². The van der Waals surface area contributed by atoms with Crippen LogP contribution in [0, 0.1) is 0 Å². The molecule has 0 atom stereocenters. The van der Waals surface area contributed by atoms with E-state index in [1.807, 2.05) is 30.3 Å². The first-order chi connectivity index (χ1) is 7.84. The molecule has 16 heavy (non-hydrogen) atoms. The van der Waals surface area contributed by atoms with Crippen LogP contribution in [0.15, 0.2) is 53.9 Å². The third-order valence-electron chi connectivity index (χ3n) is 1.77. The number of carbonyl (C=O) groups excluding carboxylic acids is 1. The van der Waals surface area contributed by atoms with Crippen LogP contribution in [-0.4, -0.2) is 15.2 Å². The molecule has 0 saturated heterocycles. The van der Waals surface area contributed by atoms with Gasteiger partial charge in [0.15, 0.2) is 0 Å². The lowest BCUT2D eigenvalue weighted by atomic mass is 10.3. The summed E-state index contributed by atoms with van der Waals surface area (Å²) in [6.07, 6.45) is 3.02. The van der Waals surface area contributed by atoms with Crippen LogP contribution in [0.5, 0.6) is 0 Å². The molecule has 4 nitrogen and oxygen atoms in total. The van der Waals surface area contributed by atoms with Gasteiger partial charge >= 0.3 is 0 Å². The zero-order chi connectivity index (χ0) is 11.2. The van der Waals surface area contributed by atoms with Crippen LogP contribution in [0.3, 0.4) is 0 Å². The molecule has 0 saturated carbocycles. The number of amides is 1. The molecule has 0 aliphatic rings. The summed E-state index contributed by atoms with van der Waals surface area (Å²) in [6, 6.07) is 11.0. The summed E-state index contributed by atoms with van der Waals surface area (Å²) in [5.74, 6) is 0. The standard InChI is InChI=1S/C11H9N3OS/c15-11(14-9-4-2-1-3-5-9)16-10-6-7-12-8-13-10/h1-8H,(H,14,15). The molecule has 0 fully saturated rings. The number of hydrogen-bond acceptors (Lipinski definition) is 4. The van der Waals surface area contributed by atoms with Crippen LogP contribution in [-0.2, 0) is 0 Å². The highest BCUT2D eigenvalue weighted by Crippen LogP contribution is 2.17. The average molecular weight is 231 g/mol. The second-order valence-corrected chi connectivity index (χ2v) is 3.92. The van der Waals surface area contributed by atoms with Crippen molar-refractivity contribution in [3.63, 3.8) is 0 Å². The van der Waals surface area contributed by atoms with Crippen molar-refractivity contribution in [2.24, 2.45) is 0 Å². The maximum absolute atomic E-state index is 11.6. The second-order valence-electron chi connectivity index (χ2n) is 2.93. The molecular formula is C11H9N3OS. The Hall–Kier alpha value is -1.88. The monoisotopic (exact) mass is 231 g/mol. The van der Waals surface area contributed by atoms with Gasteiger partial charge in [-0.2, -0.15) is 0 Å². The van der Waals surface area contributed by atoms with Gasteiger partial charge in [-0.3, -0.25) is 4.79 Å². The number of benzene rings is 1. The third-order valence-corrected chi connectivity index (χ3v) is 2.51. The molecule has 0 aliphatic heterocycles. The van der Waals surface area contributed by atoms with Gasteiger partial charge in [0.2, 0.25) is 0 Å². The van der Waals surface area contributed by atoms with Crippen LogP contribution >= 0.6 is 11.8 Å². The molecule has 1 aromatic carbocycles. The zero-order valence-electron chi connectivity index (χ0n) is 8.33. The van der Waals surface area contributed by atoms with E-state index >= 15 is 0 Å². The van der Waals surface area contributed by atoms with Gasteiger partial charge in [-0.05, 0) is 30.0 Å². The lowest BCUT2D eigenvalue weighted by Gasteiger charge is -2.02. The number of nitrogens with one attached hydrogen (secondary N) is 1. The van der Waals surface area contributed by atoms with E-state index in [2.05, 4.69) is 15.3 Å². The molecule has 5 heteroatoms. The lowest BCUT2D eigenvalue weighted by Crippen LogP contribution is -2.04. The first-order valence-corrected chi connectivity index (χ1v) is 5.46. The van der Waals surface area contributed by atoms with E-state index in [9.17, 15) is 4.79 Å². The Balaban J connectivity index is 1.95. The summed E-state index contributed by atoms with van der Waals surface area (Å²) in [5, 5.41) is 3.22. The fraction of sp³-hybridized carbons (Fsp3) is 0. The van der Waals surface area contributed by atoms with E-state index < -0.39 is 0 Å². The smallest absolute Gasteiger partial charge is 0.289 e. The van der Waals surface area contributed by atoms with Gasteiger partial charge in [-0.1, -0.05) is 18.2 Å². The largest absolute Gasteiger partial charge is 0.317 e. The van der Waals surface area contributed by atoms with Crippen molar-refractivity contribution in [3.8, 4) is 0 Å². The first kappa shape index (κ1) is 10.6. The summed E-state index contributed by atoms with van der Waals surface area (Å²) < 4.78 is 0. The minimum Gasteiger partial charge on any atom is -0.317 e. The molecule has 1 heterocycles. The van der Waals surface area contributed by atoms with Crippen LogP contribution in [0.1, 0.15) is 0 Å². The summed E-state index contributed by atoms with van der Waals surface area (Å²) in [6.45, 7) is 0. The number of thioether (sulfide) groups is 1. The maximum atomic E-state index is 11.6. The number of nitrogens with zero attached hydrogens (tertiary/aromatic N) is 2. The summed E-state index contributed by atoms with van der Waals surface area (Å²) in [4.78, 5) is 19.3.